The van der Waals surface area contributed by atoms with Crippen molar-refractivity contribution in [2.45, 2.75) is 6.92 Å². The molecule has 2 amide bonds. The molecule has 0 unspecified atom stereocenters. The van der Waals surface area contributed by atoms with Crippen LogP contribution in [0.1, 0.15) is 17.3 Å². The third-order valence-corrected chi connectivity index (χ3v) is 4.17. The van der Waals surface area contributed by atoms with Crippen LogP contribution in [0.4, 0.5) is 17.3 Å². The van der Waals surface area contributed by atoms with Crippen molar-refractivity contribution in [3.05, 3.63) is 42.2 Å². The number of hydrogen-bond donors (Lipinski definition) is 3. The Labute approximate surface area is 163 Å². The lowest BCUT2D eigenvalue weighted by atomic mass is 10.2. The Hall–Kier alpha value is -3.04. The maximum Gasteiger partial charge on any atom is 0.258 e. The molecule has 1 saturated heterocycles. The van der Waals surface area contributed by atoms with Gasteiger partial charge in [-0.25, -0.2) is 9.97 Å². The van der Waals surface area contributed by atoms with Crippen LogP contribution in [0.5, 0.6) is 0 Å². The highest BCUT2D eigenvalue weighted by molar-refractivity contribution is 6.04. The smallest absolute Gasteiger partial charge is 0.258 e. The lowest BCUT2D eigenvalue weighted by Gasteiger charge is -2.26. The van der Waals surface area contributed by atoms with Crippen molar-refractivity contribution in [3.63, 3.8) is 0 Å². The molecule has 3 rings (SSSR count). The molecule has 0 saturated carbocycles. The lowest BCUT2D eigenvalue weighted by molar-refractivity contribution is -0.114. The van der Waals surface area contributed by atoms with Gasteiger partial charge in [0.2, 0.25) is 11.9 Å². The van der Waals surface area contributed by atoms with Crippen LogP contribution in [-0.4, -0.2) is 66.1 Å². The van der Waals surface area contributed by atoms with E-state index in [-0.39, 0.29) is 11.8 Å². The summed E-state index contributed by atoms with van der Waals surface area (Å²) in [5.41, 5.74) is 1.54. The fraction of sp³-hybridized carbons (Fsp3) is 0.368. The van der Waals surface area contributed by atoms with E-state index in [1.807, 2.05) is 0 Å². The molecule has 0 atom stereocenters. The van der Waals surface area contributed by atoms with Crippen molar-refractivity contribution < 1.29 is 14.3 Å². The van der Waals surface area contributed by atoms with Crippen molar-refractivity contribution in [2.75, 3.05) is 55.3 Å². The lowest BCUT2D eigenvalue weighted by Crippen LogP contribution is -2.39. The number of morpholine rings is 1. The number of amides is 2. The summed E-state index contributed by atoms with van der Waals surface area (Å²) in [4.78, 5) is 34.2. The second-order valence-electron chi connectivity index (χ2n) is 6.39. The Morgan fingerprint density at radius 2 is 1.79 bits per heavy atom. The quantitative estimate of drug-likeness (QED) is 0.663. The van der Waals surface area contributed by atoms with Gasteiger partial charge in [0, 0.05) is 56.9 Å². The number of anilines is 3. The number of rotatable bonds is 7. The van der Waals surface area contributed by atoms with E-state index in [1.54, 1.807) is 24.3 Å². The maximum absolute atomic E-state index is 12.4. The zero-order chi connectivity index (χ0) is 19.8. The average Bonchev–Trinajstić information content (AvgIpc) is 2.69. The van der Waals surface area contributed by atoms with Gasteiger partial charge in [-0.3, -0.25) is 14.5 Å². The summed E-state index contributed by atoms with van der Waals surface area (Å²) in [6, 6.07) is 6.92. The molecule has 0 radical (unpaired) electrons. The molecule has 2 aromatic rings. The highest BCUT2D eigenvalue weighted by Crippen LogP contribution is 2.16. The van der Waals surface area contributed by atoms with Gasteiger partial charge in [0.05, 0.1) is 18.8 Å². The van der Waals surface area contributed by atoms with Crippen LogP contribution < -0.4 is 16.0 Å². The summed E-state index contributed by atoms with van der Waals surface area (Å²) < 4.78 is 5.32. The highest BCUT2D eigenvalue weighted by atomic mass is 16.5. The van der Waals surface area contributed by atoms with Crippen LogP contribution in [-0.2, 0) is 9.53 Å². The minimum Gasteiger partial charge on any atom is -0.379 e. The molecule has 0 bridgehead atoms. The predicted octanol–water partition coefficient (Wildman–Crippen LogP) is 1.43. The van der Waals surface area contributed by atoms with Gasteiger partial charge in [-0.05, 0) is 18.2 Å². The van der Waals surface area contributed by atoms with Gasteiger partial charge in [-0.1, -0.05) is 6.07 Å². The third kappa shape index (κ3) is 6.00. The normalized spacial score (nSPS) is 14.3. The van der Waals surface area contributed by atoms with Gasteiger partial charge in [0.25, 0.3) is 5.91 Å². The number of nitrogens with zero attached hydrogens (tertiary/aromatic N) is 3. The van der Waals surface area contributed by atoms with Gasteiger partial charge >= 0.3 is 0 Å². The molecular formula is C19H24N6O3. The first-order valence-electron chi connectivity index (χ1n) is 9.15. The first kappa shape index (κ1) is 19.7. The van der Waals surface area contributed by atoms with E-state index in [0.717, 1.165) is 39.4 Å². The third-order valence-electron chi connectivity index (χ3n) is 4.17. The number of aromatic nitrogens is 2. The average molecular weight is 384 g/mol. The Balaban J connectivity index is 1.50. The Morgan fingerprint density at radius 3 is 2.46 bits per heavy atom. The van der Waals surface area contributed by atoms with Gasteiger partial charge in [-0.15, -0.1) is 0 Å². The van der Waals surface area contributed by atoms with E-state index in [2.05, 4.69) is 30.8 Å². The monoisotopic (exact) mass is 384 g/mol. The van der Waals surface area contributed by atoms with Crippen LogP contribution >= 0.6 is 0 Å². The number of hydrogen-bond acceptors (Lipinski definition) is 7. The van der Waals surface area contributed by atoms with Crippen molar-refractivity contribution in [1.29, 1.82) is 0 Å². The van der Waals surface area contributed by atoms with Crippen LogP contribution in [0.15, 0.2) is 36.7 Å². The molecular weight excluding hydrogens is 360 g/mol. The van der Waals surface area contributed by atoms with Gasteiger partial charge < -0.3 is 20.7 Å². The fourth-order valence-electron chi connectivity index (χ4n) is 2.77. The Bertz CT molecular complexity index is 806. The summed E-state index contributed by atoms with van der Waals surface area (Å²) in [6.07, 6.45) is 2.97. The molecule has 28 heavy (non-hydrogen) atoms. The van der Waals surface area contributed by atoms with Crippen molar-refractivity contribution >= 4 is 29.1 Å². The van der Waals surface area contributed by atoms with Gasteiger partial charge in [-0.2, -0.15) is 0 Å². The topological polar surface area (TPSA) is 108 Å². The second-order valence-corrected chi connectivity index (χ2v) is 6.39. The molecule has 148 valence electrons. The highest BCUT2D eigenvalue weighted by Gasteiger charge is 2.11. The molecule has 1 fully saturated rings. The van der Waals surface area contributed by atoms with Gasteiger partial charge in [0.15, 0.2) is 0 Å². The molecule has 1 aliphatic rings. The number of ether oxygens (including phenoxy) is 1. The first-order chi connectivity index (χ1) is 13.6. The summed E-state index contributed by atoms with van der Waals surface area (Å²) >= 11 is 0. The molecule has 2 heterocycles. The standard InChI is InChI=1S/C19H24N6O3/c1-14(26)23-16-3-2-4-17(11-16)24-18(27)15-12-21-19(22-13-15)20-5-6-25-7-9-28-10-8-25/h2-4,11-13H,5-10H2,1H3,(H,23,26)(H,24,27)(H,20,21,22). The molecule has 0 aliphatic carbocycles. The summed E-state index contributed by atoms with van der Waals surface area (Å²) in [7, 11) is 0. The summed E-state index contributed by atoms with van der Waals surface area (Å²) in [5.74, 6) is -0.00843. The number of nitrogens with one attached hydrogen (secondary N) is 3. The largest absolute Gasteiger partial charge is 0.379 e. The van der Waals surface area contributed by atoms with E-state index < -0.39 is 0 Å². The Morgan fingerprint density at radius 1 is 1.11 bits per heavy atom. The van der Waals surface area contributed by atoms with Crippen molar-refractivity contribution in [1.82, 2.24) is 14.9 Å². The van der Waals surface area contributed by atoms with Gasteiger partial charge in [0.1, 0.15) is 0 Å². The zero-order valence-electron chi connectivity index (χ0n) is 15.8. The fourth-order valence-corrected chi connectivity index (χ4v) is 2.77. The van der Waals surface area contributed by atoms with E-state index in [4.69, 9.17) is 4.74 Å². The van der Waals surface area contributed by atoms with E-state index in [1.165, 1.54) is 19.3 Å². The molecule has 3 N–H and O–H groups in total. The molecule has 9 heteroatoms. The van der Waals surface area contributed by atoms with Crippen molar-refractivity contribution in [3.8, 4) is 0 Å². The van der Waals surface area contributed by atoms with Crippen LogP contribution in [0.2, 0.25) is 0 Å². The number of carbonyl (C=O) groups excluding carboxylic acids is 2. The predicted molar refractivity (Wildman–Crippen MR) is 106 cm³/mol. The number of carbonyl (C=O) groups is 2. The van der Waals surface area contributed by atoms with E-state index >= 15 is 0 Å². The Kier molecular flexibility index (Phi) is 6.88. The molecule has 1 aromatic carbocycles. The SMILES string of the molecule is CC(=O)Nc1cccc(NC(=O)c2cnc(NCCN3CCOCC3)nc2)c1. The molecule has 1 aliphatic heterocycles. The van der Waals surface area contributed by atoms with Crippen molar-refractivity contribution in [2.24, 2.45) is 0 Å². The zero-order valence-corrected chi connectivity index (χ0v) is 15.8. The molecule has 0 spiro atoms. The summed E-state index contributed by atoms with van der Waals surface area (Å²) in [5, 5.41) is 8.60. The number of benzene rings is 1. The van der Waals surface area contributed by atoms with E-state index in [9.17, 15) is 9.59 Å². The summed E-state index contributed by atoms with van der Waals surface area (Å²) in [6.45, 7) is 6.46. The van der Waals surface area contributed by atoms with Crippen LogP contribution in [0.25, 0.3) is 0 Å². The molecule has 1 aromatic heterocycles. The minimum atomic E-state index is -0.320. The molecule has 9 nitrogen and oxygen atoms in total. The van der Waals surface area contributed by atoms with Crippen LogP contribution in [0.3, 0.4) is 0 Å². The second kappa shape index (κ2) is 9.77. The van der Waals surface area contributed by atoms with Crippen LogP contribution in [0, 0.1) is 0 Å². The maximum atomic E-state index is 12.4. The van der Waals surface area contributed by atoms with E-state index in [0.29, 0.717) is 22.9 Å². The minimum absolute atomic E-state index is 0.173. The first-order valence-corrected chi connectivity index (χ1v) is 9.15.